The first kappa shape index (κ1) is 16.9. The Hall–Kier alpha value is -3.53. The highest BCUT2D eigenvalue weighted by molar-refractivity contribution is 5.99. The van der Waals surface area contributed by atoms with Crippen molar-refractivity contribution in [1.29, 1.82) is 0 Å². The van der Waals surface area contributed by atoms with Crippen LogP contribution in [0.1, 0.15) is 18.1 Å². The first-order valence-corrected chi connectivity index (χ1v) is 8.90. The largest absolute Gasteiger partial charge is 0.260 e. The van der Waals surface area contributed by atoms with Crippen molar-refractivity contribution in [3.63, 3.8) is 0 Å². The number of hydrogen-bond acceptors (Lipinski definition) is 4. The van der Waals surface area contributed by atoms with Crippen molar-refractivity contribution in [3.8, 4) is 11.4 Å². The maximum atomic E-state index is 4.74. The minimum Gasteiger partial charge on any atom is -0.260 e. The molecule has 4 rings (SSSR count). The van der Waals surface area contributed by atoms with Crippen molar-refractivity contribution in [3.05, 3.63) is 90.0 Å². The zero-order valence-electron chi connectivity index (χ0n) is 15.3. The molecule has 4 nitrogen and oxygen atoms in total. The van der Waals surface area contributed by atoms with Crippen LogP contribution in [0.25, 0.3) is 22.3 Å². The topological polar surface area (TPSA) is 50.2 Å². The Morgan fingerprint density at radius 1 is 0.815 bits per heavy atom. The lowest BCUT2D eigenvalue weighted by Gasteiger charge is -2.09. The number of aromatic nitrogens is 2. The van der Waals surface area contributed by atoms with E-state index in [1.165, 1.54) is 5.56 Å². The molecule has 0 saturated heterocycles. The van der Waals surface area contributed by atoms with Gasteiger partial charge in [0.15, 0.2) is 11.6 Å². The third-order valence-electron chi connectivity index (χ3n) is 4.43. The molecular formula is C23H20N4. The summed E-state index contributed by atoms with van der Waals surface area (Å²) in [5.74, 6) is 1.38. The number of hydrogen-bond donors (Lipinski definition) is 1. The molecule has 0 radical (unpaired) electrons. The zero-order valence-corrected chi connectivity index (χ0v) is 15.3. The van der Waals surface area contributed by atoms with Crippen LogP contribution in [-0.4, -0.2) is 15.7 Å². The van der Waals surface area contributed by atoms with E-state index in [9.17, 15) is 0 Å². The summed E-state index contributed by atoms with van der Waals surface area (Å²) in [5.41, 5.74) is 8.19. The van der Waals surface area contributed by atoms with Crippen LogP contribution in [0, 0.1) is 6.92 Å². The van der Waals surface area contributed by atoms with Crippen molar-refractivity contribution in [2.75, 3.05) is 5.43 Å². The highest BCUT2D eigenvalue weighted by Gasteiger charge is 2.09. The van der Waals surface area contributed by atoms with Crippen LogP contribution in [0.3, 0.4) is 0 Å². The van der Waals surface area contributed by atoms with Gasteiger partial charge in [0.1, 0.15) is 0 Å². The lowest BCUT2D eigenvalue weighted by atomic mass is 10.1. The quantitative estimate of drug-likeness (QED) is 0.393. The van der Waals surface area contributed by atoms with Crippen LogP contribution < -0.4 is 5.43 Å². The number of hydrazone groups is 1. The molecule has 3 aromatic carbocycles. The summed E-state index contributed by atoms with van der Waals surface area (Å²) < 4.78 is 0. The highest BCUT2D eigenvalue weighted by atomic mass is 15.3. The Labute approximate surface area is 158 Å². The molecule has 27 heavy (non-hydrogen) atoms. The predicted molar refractivity (Wildman–Crippen MR) is 112 cm³/mol. The molecular weight excluding hydrogens is 332 g/mol. The summed E-state index contributed by atoms with van der Waals surface area (Å²) in [7, 11) is 0. The molecule has 1 heterocycles. The Morgan fingerprint density at radius 2 is 1.52 bits per heavy atom. The second kappa shape index (κ2) is 7.38. The van der Waals surface area contributed by atoms with Crippen LogP contribution >= 0.6 is 0 Å². The number of benzene rings is 3. The second-order valence-corrected chi connectivity index (χ2v) is 6.45. The summed E-state index contributed by atoms with van der Waals surface area (Å²) in [6.45, 7) is 4.05. The second-order valence-electron chi connectivity index (χ2n) is 6.45. The Kier molecular flexibility index (Phi) is 4.62. The first-order valence-electron chi connectivity index (χ1n) is 8.90. The molecule has 0 saturated carbocycles. The molecule has 0 spiro atoms. The standard InChI is InChI=1S/C23H20N4/c1-16-12-14-19(15-13-16)22-24-21-11-7-6-10-20(21)23(25-22)27-26-17(2)18-8-4-3-5-9-18/h3-15H,1-2H3,(H,24,25,27). The minimum absolute atomic E-state index is 0.684. The van der Waals surface area contributed by atoms with Crippen molar-refractivity contribution in [1.82, 2.24) is 9.97 Å². The van der Waals surface area contributed by atoms with Gasteiger partial charge in [0, 0.05) is 10.9 Å². The van der Waals surface area contributed by atoms with Gasteiger partial charge in [-0.15, -0.1) is 0 Å². The number of nitrogens with one attached hydrogen (secondary N) is 1. The fourth-order valence-corrected chi connectivity index (χ4v) is 2.87. The fraction of sp³-hybridized carbons (Fsp3) is 0.0870. The smallest absolute Gasteiger partial charge is 0.162 e. The molecule has 4 aromatic rings. The number of anilines is 1. The van der Waals surface area contributed by atoms with E-state index in [2.05, 4.69) is 29.6 Å². The van der Waals surface area contributed by atoms with Crippen LogP contribution in [0.15, 0.2) is 84.0 Å². The number of rotatable bonds is 4. The third-order valence-corrected chi connectivity index (χ3v) is 4.43. The molecule has 1 aromatic heterocycles. The summed E-state index contributed by atoms with van der Waals surface area (Å²) >= 11 is 0. The molecule has 0 amide bonds. The predicted octanol–water partition coefficient (Wildman–Crippen LogP) is 5.44. The SMILES string of the molecule is CC(=NNc1nc(-c2ccc(C)cc2)nc2ccccc12)c1ccccc1. The maximum absolute atomic E-state index is 4.74. The van der Waals surface area contributed by atoms with Gasteiger partial charge in [0.05, 0.1) is 11.2 Å². The molecule has 132 valence electrons. The van der Waals surface area contributed by atoms with Crippen LogP contribution in [0.4, 0.5) is 5.82 Å². The van der Waals surface area contributed by atoms with Gasteiger partial charge in [-0.2, -0.15) is 5.10 Å². The third kappa shape index (κ3) is 3.70. The van der Waals surface area contributed by atoms with E-state index in [4.69, 9.17) is 9.97 Å². The Balaban J connectivity index is 1.76. The van der Waals surface area contributed by atoms with Crippen molar-refractivity contribution >= 4 is 22.4 Å². The normalized spacial score (nSPS) is 11.6. The molecule has 1 N–H and O–H groups in total. The highest BCUT2D eigenvalue weighted by Crippen LogP contribution is 2.25. The van der Waals surface area contributed by atoms with Crippen molar-refractivity contribution < 1.29 is 0 Å². The van der Waals surface area contributed by atoms with Gasteiger partial charge in [-0.1, -0.05) is 72.3 Å². The van der Waals surface area contributed by atoms with Crippen LogP contribution in [0.5, 0.6) is 0 Å². The lowest BCUT2D eigenvalue weighted by molar-refractivity contribution is 1.18. The van der Waals surface area contributed by atoms with E-state index in [-0.39, 0.29) is 0 Å². The van der Waals surface area contributed by atoms with Gasteiger partial charge in [-0.3, -0.25) is 5.43 Å². The minimum atomic E-state index is 0.684. The monoisotopic (exact) mass is 352 g/mol. The van der Waals surface area contributed by atoms with E-state index in [1.807, 2.05) is 73.7 Å². The van der Waals surface area contributed by atoms with Gasteiger partial charge >= 0.3 is 0 Å². The molecule has 0 unspecified atom stereocenters. The molecule has 4 heteroatoms. The average molecular weight is 352 g/mol. The summed E-state index contributed by atoms with van der Waals surface area (Å²) in [4.78, 5) is 9.46. The molecule has 0 bridgehead atoms. The lowest BCUT2D eigenvalue weighted by Crippen LogP contribution is -2.03. The summed E-state index contributed by atoms with van der Waals surface area (Å²) in [6, 6.07) is 26.3. The van der Waals surface area contributed by atoms with Crippen LogP contribution in [-0.2, 0) is 0 Å². The molecule has 0 aliphatic rings. The van der Waals surface area contributed by atoms with Gasteiger partial charge < -0.3 is 0 Å². The van der Waals surface area contributed by atoms with E-state index in [0.717, 1.165) is 27.7 Å². The zero-order chi connectivity index (χ0) is 18.6. The van der Waals surface area contributed by atoms with E-state index < -0.39 is 0 Å². The van der Waals surface area contributed by atoms with Gasteiger partial charge in [-0.05, 0) is 31.5 Å². The van der Waals surface area contributed by atoms with E-state index in [1.54, 1.807) is 0 Å². The number of para-hydroxylation sites is 1. The molecule has 0 atom stereocenters. The van der Waals surface area contributed by atoms with Gasteiger partial charge in [0.25, 0.3) is 0 Å². The number of fused-ring (bicyclic) bond motifs is 1. The molecule has 0 aliphatic heterocycles. The average Bonchev–Trinajstić information content (AvgIpc) is 2.72. The first-order chi connectivity index (χ1) is 13.2. The summed E-state index contributed by atoms with van der Waals surface area (Å²) in [6.07, 6.45) is 0. The van der Waals surface area contributed by atoms with Gasteiger partial charge in [-0.25, -0.2) is 9.97 Å². The summed E-state index contributed by atoms with van der Waals surface area (Å²) in [5, 5.41) is 5.48. The Bertz CT molecular complexity index is 1100. The fourth-order valence-electron chi connectivity index (χ4n) is 2.87. The maximum Gasteiger partial charge on any atom is 0.162 e. The molecule has 0 aliphatic carbocycles. The van der Waals surface area contributed by atoms with Crippen LogP contribution in [0.2, 0.25) is 0 Å². The van der Waals surface area contributed by atoms with E-state index in [0.29, 0.717) is 11.6 Å². The molecule has 0 fully saturated rings. The number of nitrogens with zero attached hydrogens (tertiary/aromatic N) is 3. The van der Waals surface area contributed by atoms with E-state index >= 15 is 0 Å². The van der Waals surface area contributed by atoms with Crippen molar-refractivity contribution in [2.45, 2.75) is 13.8 Å². The number of aryl methyl sites for hydroxylation is 1. The van der Waals surface area contributed by atoms with Gasteiger partial charge in [0.2, 0.25) is 0 Å². The Morgan fingerprint density at radius 3 is 2.30 bits per heavy atom. The van der Waals surface area contributed by atoms with Crippen molar-refractivity contribution in [2.24, 2.45) is 5.10 Å².